The Morgan fingerprint density at radius 1 is 0.933 bits per heavy atom. The molecular weight excluding hydrogens is 376 g/mol. The molecule has 0 aliphatic carbocycles. The minimum absolute atomic E-state index is 0.545. The zero-order valence-electron chi connectivity index (χ0n) is 16.7. The molecule has 8 heteroatoms. The maximum atomic E-state index is 5.79. The Morgan fingerprint density at radius 2 is 1.70 bits per heavy atom. The van der Waals surface area contributed by atoms with E-state index < -0.39 is 5.79 Å². The number of aromatic amines is 2. The molecule has 0 bridgehead atoms. The van der Waals surface area contributed by atoms with Crippen LogP contribution in [0.2, 0.25) is 0 Å². The molecule has 0 saturated carbocycles. The van der Waals surface area contributed by atoms with Gasteiger partial charge in [-0.3, -0.25) is 22.3 Å². The smallest absolute Gasteiger partial charge is 0.172 e. The molecule has 0 aliphatic rings. The van der Waals surface area contributed by atoms with Gasteiger partial charge in [0.05, 0.1) is 5.69 Å². The summed E-state index contributed by atoms with van der Waals surface area (Å²) >= 11 is 0. The summed E-state index contributed by atoms with van der Waals surface area (Å²) in [5, 5.41) is 14.1. The fourth-order valence-corrected chi connectivity index (χ4v) is 3.37. The normalized spacial score (nSPS) is 11.5. The number of H-pyrrole nitrogens is 2. The van der Waals surface area contributed by atoms with E-state index in [0.29, 0.717) is 17.9 Å². The van der Waals surface area contributed by atoms with Gasteiger partial charge in [-0.25, -0.2) is 0 Å². The molecule has 0 unspecified atom stereocenters. The van der Waals surface area contributed by atoms with E-state index in [1.807, 2.05) is 55.6 Å². The van der Waals surface area contributed by atoms with Gasteiger partial charge in [-0.2, -0.15) is 5.10 Å². The maximum absolute atomic E-state index is 5.79. The highest BCUT2D eigenvalue weighted by Gasteiger charge is 2.17. The maximum Gasteiger partial charge on any atom is 0.172 e. The van der Waals surface area contributed by atoms with E-state index in [0.717, 1.165) is 33.9 Å². The quantitative estimate of drug-likeness (QED) is 0.237. The average Bonchev–Trinajstić information content (AvgIpc) is 3.39. The molecule has 4 rings (SSSR count). The number of rotatable bonds is 7. The second-order valence-corrected chi connectivity index (χ2v) is 7.21. The Labute approximate surface area is 174 Å². The molecule has 8 nitrogen and oxygen atoms in total. The number of benzene rings is 2. The van der Waals surface area contributed by atoms with Gasteiger partial charge in [-0.1, -0.05) is 48.5 Å². The Balaban J connectivity index is 1.54. The molecule has 10 N–H and O–H groups in total. The highest BCUT2D eigenvalue weighted by Crippen LogP contribution is 2.33. The second-order valence-electron chi connectivity index (χ2n) is 7.21. The third-order valence-corrected chi connectivity index (χ3v) is 4.94. The van der Waals surface area contributed by atoms with E-state index in [9.17, 15) is 0 Å². The van der Waals surface area contributed by atoms with Crippen LogP contribution < -0.4 is 27.8 Å². The largest absolute Gasteiger partial charge is 0.383 e. The minimum atomic E-state index is -1.37. The van der Waals surface area contributed by atoms with Crippen molar-refractivity contribution in [3.05, 3.63) is 77.9 Å². The lowest BCUT2D eigenvalue weighted by Crippen LogP contribution is -2.54. The van der Waals surface area contributed by atoms with Gasteiger partial charge in [0.2, 0.25) is 0 Å². The van der Waals surface area contributed by atoms with E-state index in [1.165, 1.54) is 0 Å². The molecule has 4 aromatic rings. The number of aromatic nitrogens is 3. The summed E-state index contributed by atoms with van der Waals surface area (Å²) in [6, 6.07) is 21.8. The van der Waals surface area contributed by atoms with E-state index in [2.05, 4.69) is 44.0 Å². The van der Waals surface area contributed by atoms with Gasteiger partial charge in [0.25, 0.3) is 0 Å². The molecule has 0 amide bonds. The molecule has 0 spiro atoms. The zero-order chi connectivity index (χ0) is 21.1. The van der Waals surface area contributed by atoms with Crippen LogP contribution in [0.4, 0.5) is 11.5 Å². The summed E-state index contributed by atoms with van der Waals surface area (Å²) in [6.07, 6.45) is 0. The number of nitrogens with one attached hydrogen (secondary N) is 4. The first kappa shape index (κ1) is 19.7. The van der Waals surface area contributed by atoms with E-state index in [-0.39, 0.29) is 0 Å². The van der Waals surface area contributed by atoms with Crippen LogP contribution in [-0.4, -0.2) is 22.2 Å². The van der Waals surface area contributed by atoms with Crippen molar-refractivity contribution in [2.24, 2.45) is 17.2 Å². The van der Waals surface area contributed by atoms with E-state index in [4.69, 9.17) is 17.2 Å². The molecule has 0 saturated heterocycles. The molecule has 2 heterocycles. The van der Waals surface area contributed by atoms with Crippen molar-refractivity contribution in [1.29, 1.82) is 0 Å². The zero-order valence-corrected chi connectivity index (χ0v) is 16.7. The van der Waals surface area contributed by atoms with Crippen LogP contribution in [-0.2, 0) is 12.3 Å². The van der Waals surface area contributed by atoms with Crippen molar-refractivity contribution in [3.8, 4) is 22.6 Å². The van der Waals surface area contributed by atoms with Gasteiger partial charge in [0.1, 0.15) is 17.2 Å². The lowest BCUT2D eigenvalue weighted by molar-refractivity contribution is 0.488. The number of hydrogen-bond acceptors (Lipinski definition) is 6. The number of hydrogen-bond donors (Lipinski definition) is 7. The molecule has 0 atom stereocenters. The SMILES string of the molecule is CNc1c(NCc2cccc(C(N)(N)N)c2)n[nH]c1-c1ccc(-c2ccccc2)[nH]1. The molecule has 0 aliphatic heterocycles. The molecule has 0 fully saturated rings. The van der Waals surface area contributed by atoms with Gasteiger partial charge >= 0.3 is 0 Å². The molecule has 2 aromatic heterocycles. The lowest BCUT2D eigenvalue weighted by atomic mass is 10.1. The molecule has 0 radical (unpaired) electrons. The number of nitrogens with zero attached hydrogens (tertiary/aromatic N) is 1. The molecular formula is C22H26N8. The van der Waals surface area contributed by atoms with Crippen LogP contribution in [0.5, 0.6) is 0 Å². The minimum Gasteiger partial charge on any atom is -0.383 e. The standard InChI is InChI=1S/C22H26N8/c1-26-20-19(18-11-10-17(28-18)15-7-3-2-4-8-15)29-30-21(20)27-13-14-6-5-9-16(12-14)22(23,24)25/h2-12,26,28H,13,23-25H2,1H3,(H2,27,29,30). The van der Waals surface area contributed by atoms with Crippen LogP contribution in [0.3, 0.4) is 0 Å². The van der Waals surface area contributed by atoms with Gasteiger partial charge in [-0.05, 0) is 29.3 Å². The first-order valence-electron chi connectivity index (χ1n) is 9.66. The average molecular weight is 403 g/mol. The predicted molar refractivity (Wildman–Crippen MR) is 121 cm³/mol. The number of nitrogens with two attached hydrogens (primary N) is 3. The molecule has 2 aromatic carbocycles. The van der Waals surface area contributed by atoms with Gasteiger partial charge in [0, 0.05) is 24.8 Å². The summed E-state index contributed by atoms with van der Waals surface area (Å²) in [6.45, 7) is 0.545. The monoisotopic (exact) mass is 402 g/mol. The summed E-state index contributed by atoms with van der Waals surface area (Å²) in [4.78, 5) is 3.45. The van der Waals surface area contributed by atoms with Crippen LogP contribution in [0.25, 0.3) is 22.6 Å². The Bertz CT molecular complexity index is 1120. The Kier molecular flexibility index (Phi) is 5.28. The third kappa shape index (κ3) is 4.06. The first-order valence-corrected chi connectivity index (χ1v) is 9.66. The number of anilines is 2. The summed E-state index contributed by atoms with van der Waals surface area (Å²) < 4.78 is 0. The summed E-state index contributed by atoms with van der Waals surface area (Å²) in [5.74, 6) is -0.649. The summed E-state index contributed by atoms with van der Waals surface area (Å²) in [5.41, 5.74) is 23.9. The highest BCUT2D eigenvalue weighted by atomic mass is 15.2. The van der Waals surface area contributed by atoms with Crippen molar-refractivity contribution in [1.82, 2.24) is 15.2 Å². The van der Waals surface area contributed by atoms with Crippen molar-refractivity contribution in [2.75, 3.05) is 17.7 Å². The van der Waals surface area contributed by atoms with Crippen LogP contribution >= 0.6 is 0 Å². The molecule has 154 valence electrons. The van der Waals surface area contributed by atoms with Crippen LogP contribution in [0.1, 0.15) is 11.1 Å². The van der Waals surface area contributed by atoms with Gasteiger partial charge in [0.15, 0.2) is 5.82 Å². The van der Waals surface area contributed by atoms with Crippen molar-refractivity contribution < 1.29 is 0 Å². The van der Waals surface area contributed by atoms with E-state index in [1.54, 1.807) is 0 Å². The summed E-state index contributed by atoms with van der Waals surface area (Å²) in [7, 11) is 1.87. The Hall–Kier alpha value is -3.59. The fourth-order valence-electron chi connectivity index (χ4n) is 3.37. The van der Waals surface area contributed by atoms with E-state index >= 15 is 0 Å². The second kappa shape index (κ2) is 8.03. The van der Waals surface area contributed by atoms with Crippen LogP contribution in [0.15, 0.2) is 66.7 Å². The fraction of sp³-hybridized carbons (Fsp3) is 0.136. The first-order chi connectivity index (χ1) is 14.5. The lowest BCUT2D eigenvalue weighted by Gasteiger charge is -2.19. The topological polar surface area (TPSA) is 147 Å². The highest BCUT2D eigenvalue weighted by molar-refractivity contribution is 5.82. The van der Waals surface area contributed by atoms with Crippen LogP contribution in [0, 0.1) is 0 Å². The Morgan fingerprint density at radius 3 is 2.43 bits per heavy atom. The van der Waals surface area contributed by atoms with Gasteiger partial charge < -0.3 is 15.6 Å². The predicted octanol–water partition coefficient (Wildman–Crippen LogP) is 2.71. The van der Waals surface area contributed by atoms with Crippen molar-refractivity contribution >= 4 is 11.5 Å². The van der Waals surface area contributed by atoms with Crippen molar-refractivity contribution in [2.45, 2.75) is 12.3 Å². The van der Waals surface area contributed by atoms with Crippen molar-refractivity contribution in [3.63, 3.8) is 0 Å². The third-order valence-electron chi connectivity index (χ3n) is 4.94. The van der Waals surface area contributed by atoms with Gasteiger partial charge in [-0.15, -0.1) is 0 Å². The molecule has 30 heavy (non-hydrogen) atoms.